The molecule has 0 aliphatic heterocycles. The molecule has 6 heteroatoms. The van der Waals surface area contributed by atoms with Gasteiger partial charge in [0.1, 0.15) is 11.3 Å². The number of rotatable bonds is 6. The summed E-state index contributed by atoms with van der Waals surface area (Å²) in [7, 11) is 2.80. The van der Waals surface area contributed by atoms with Gasteiger partial charge in [0.05, 0.1) is 19.8 Å². The highest BCUT2D eigenvalue weighted by atomic mass is 79.9. The molecule has 0 spiro atoms. The number of benzene rings is 1. The monoisotopic (exact) mass is 357 g/mol. The highest BCUT2D eigenvalue weighted by molar-refractivity contribution is 9.10. The molecule has 1 atom stereocenters. The Labute approximate surface area is 133 Å². The minimum Gasteiger partial charge on any atom is -0.496 e. The number of carbonyl (C=O) groups is 2. The minimum atomic E-state index is -1.06. The summed E-state index contributed by atoms with van der Waals surface area (Å²) in [5.41, 5.74) is -0.689. The van der Waals surface area contributed by atoms with Crippen molar-refractivity contribution in [3.05, 3.63) is 28.2 Å². The van der Waals surface area contributed by atoms with Crippen LogP contribution in [0, 0.1) is 0 Å². The van der Waals surface area contributed by atoms with E-state index in [1.807, 2.05) is 6.92 Å². The molecule has 1 amide bonds. The molecule has 0 heterocycles. The third-order valence-electron chi connectivity index (χ3n) is 3.18. The molecule has 0 saturated carbocycles. The van der Waals surface area contributed by atoms with Crippen LogP contribution in [0.5, 0.6) is 5.75 Å². The van der Waals surface area contributed by atoms with Gasteiger partial charge in [-0.25, -0.2) is 4.79 Å². The van der Waals surface area contributed by atoms with Crippen LogP contribution in [0.2, 0.25) is 0 Å². The van der Waals surface area contributed by atoms with E-state index in [0.29, 0.717) is 17.7 Å². The van der Waals surface area contributed by atoms with Crippen molar-refractivity contribution in [1.29, 1.82) is 0 Å². The Morgan fingerprint density at radius 3 is 2.52 bits per heavy atom. The van der Waals surface area contributed by atoms with Gasteiger partial charge in [-0.3, -0.25) is 4.79 Å². The van der Waals surface area contributed by atoms with Crippen molar-refractivity contribution in [2.75, 3.05) is 14.2 Å². The van der Waals surface area contributed by atoms with E-state index in [-0.39, 0.29) is 5.91 Å². The second-order valence-corrected chi connectivity index (χ2v) is 5.79. The van der Waals surface area contributed by atoms with Crippen LogP contribution in [0.3, 0.4) is 0 Å². The summed E-state index contributed by atoms with van der Waals surface area (Å²) >= 11 is 3.32. The Bertz CT molecular complexity index is 532. The molecule has 0 aromatic heterocycles. The highest BCUT2D eigenvalue weighted by Gasteiger charge is 2.35. The summed E-state index contributed by atoms with van der Waals surface area (Å²) in [5, 5.41) is 2.75. The molecule has 0 radical (unpaired) electrons. The SMILES string of the molecule is CCCC(C)(NC(=O)c1ccc(Br)cc1OC)C(=O)OC. The molecule has 0 aliphatic rings. The van der Waals surface area contributed by atoms with Crippen molar-refractivity contribution in [3.8, 4) is 5.75 Å². The van der Waals surface area contributed by atoms with Gasteiger partial charge in [-0.05, 0) is 31.5 Å². The molecule has 21 heavy (non-hydrogen) atoms. The lowest BCUT2D eigenvalue weighted by Crippen LogP contribution is -2.52. The summed E-state index contributed by atoms with van der Waals surface area (Å²) in [4.78, 5) is 24.4. The molecule has 116 valence electrons. The maximum atomic E-state index is 12.4. The lowest BCUT2D eigenvalue weighted by atomic mass is 9.95. The number of hydrogen-bond donors (Lipinski definition) is 1. The summed E-state index contributed by atoms with van der Waals surface area (Å²) in [6.45, 7) is 3.60. The topological polar surface area (TPSA) is 64.6 Å². The molecule has 5 nitrogen and oxygen atoms in total. The van der Waals surface area contributed by atoms with Crippen molar-refractivity contribution in [2.24, 2.45) is 0 Å². The second-order valence-electron chi connectivity index (χ2n) is 4.87. The van der Waals surface area contributed by atoms with Gasteiger partial charge >= 0.3 is 5.97 Å². The van der Waals surface area contributed by atoms with Gasteiger partial charge in [-0.15, -0.1) is 0 Å². The first-order valence-electron chi connectivity index (χ1n) is 6.62. The number of carbonyl (C=O) groups excluding carboxylic acids is 2. The third-order valence-corrected chi connectivity index (χ3v) is 3.68. The molecule has 0 aliphatic carbocycles. The van der Waals surface area contributed by atoms with Crippen LogP contribution in [0.1, 0.15) is 37.0 Å². The molecule has 0 saturated heterocycles. The molecular weight excluding hydrogens is 338 g/mol. The molecule has 1 unspecified atom stereocenters. The van der Waals surface area contributed by atoms with Crippen LogP contribution in [-0.4, -0.2) is 31.6 Å². The Balaban J connectivity index is 3.05. The fraction of sp³-hybridized carbons (Fsp3) is 0.467. The molecule has 1 aromatic carbocycles. The van der Waals surface area contributed by atoms with E-state index in [1.54, 1.807) is 25.1 Å². The standard InChI is InChI=1S/C15H20BrNO4/c1-5-8-15(2,14(19)21-4)17-13(18)11-7-6-10(16)9-12(11)20-3/h6-7,9H,5,8H2,1-4H3,(H,17,18). The summed E-state index contributed by atoms with van der Waals surface area (Å²) in [5.74, 6) is -0.403. The summed E-state index contributed by atoms with van der Waals surface area (Å²) in [6.07, 6.45) is 1.23. The fourth-order valence-corrected chi connectivity index (χ4v) is 2.45. The molecular formula is C15H20BrNO4. The first kappa shape index (κ1) is 17.5. The summed E-state index contributed by atoms with van der Waals surface area (Å²) < 4.78 is 10.8. The molecule has 0 fully saturated rings. The van der Waals surface area contributed by atoms with Crippen molar-refractivity contribution < 1.29 is 19.1 Å². The average Bonchev–Trinajstić information content (AvgIpc) is 2.46. The van der Waals surface area contributed by atoms with Crippen molar-refractivity contribution in [3.63, 3.8) is 0 Å². The molecule has 1 aromatic rings. The van der Waals surface area contributed by atoms with Gasteiger partial charge < -0.3 is 14.8 Å². The Kier molecular flexibility index (Phi) is 6.20. The number of hydrogen-bond acceptors (Lipinski definition) is 4. The smallest absolute Gasteiger partial charge is 0.331 e. The van der Waals surface area contributed by atoms with E-state index in [0.717, 1.165) is 10.9 Å². The van der Waals surface area contributed by atoms with Crippen molar-refractivity contribution in [2.45, 2.75) is 32.2 Å². The second kappa shape index (κ2) is 7.45. The predicted octanol–water partition coefficient (Wildman–Crippen LogP) is 2.92. The number of ether oxygens (including phenoxy) is 2. The lowest BCUT2D eigenvalue weighted by molar-refractivity contribution is -0.147. The first-order valence-corrected chi connectivity index (χ1v) is 7.41. The maximum absolute atomic E-state index is 12.4. The predicted molar refractivity (Wildman–Crippen MR) is 83.5 cm³/mol. The van der Waals surface area contributed by atoms with Crippen molar-refractivity contribution >= 4 is 27.8 Å². The van der Waals surface area contributed by atoms with Crippen LogP contribution < -0.4 is 10.1 Å². The number of nitrogens with one attached hydrogen (secondary N) is 1. The zero-order valence-electron chi connectivity index (χ0n) is 12.7. The Morgan fingerprint density at radius 1 is 1.33 bits per heavy atom. The fourth-order valence-electron chi connectivity index (χ4n) is 2.11. The number of esters is 1. The van der Waals surface area contributed by atoms with Crippen LogP contribution in [-0.2, 0) is 9.53 Å². The van der Waals surface area contributed by atoms with E-state index in [4.69, 9.17) is 9.47 Å². The third kappa shape index (κ3) is 4.20. The van der Waals surface area contributed by atoms with E-state index in [9.17, 15) is 9.59 Å². The summed E-state index contributed by atoms with van der Waals surface area (Å²) in [6, 6.07) is 5.08. The van der Waals surface area contributed by atoms with Gasteiger partial charge in [0, 0.05) is 4.47 Å². The minimum absolute atomic E-state index is 0.368. The van der Waals surface area contributed by atoms with E-state index in [1.165, 1.54) is 14.2 Å². The van der Waals surface area contributed by atoms with E-state index >= 15 is 0 Å². The molecule has 0 bridgehead atoms. The zero-order chi connectivity index (χ0) is 16.0. The molecule has 1 N–H and O–H groups in total. The quantitative estimate of drug-likeness (QED) is 0.795. The number of amides is 1. The van der Waals surface area contributed by atoms with Crippen molar-refractivity contribution in [1.82, 2.24) is 5.32 Å². The normalized spacial score (nSPS) is 13.2. The average molecular weight is 358 g/mol. The van der Waals surface area contributed by atoms with Crippen LogP contribution in [0.25, 0.3) is 0 Å². The Morgan fingerprint density at radius 2 is 2.00 bits per heavy atom. The van der Waals surface area contributed by atoms with E-state index < -0.39 is 11.5 Å². The maximum Gasteiger partial charge on any atom is 0.331 e. The van der Waals surface area contributed by atoms with E-state index in [2.05, 4.69) is 21.2 Å². The van der Waals surface area contributed by atoms with Gasteiger partial charge in [0.25, 0.3) is 5.91 Å². The Hall–Kier alpha value is -1.56. The van der Waals surface area contributed by atoms with Gasteiger partial charge in [-0.1, -0.05) is 29.3 Å². The highest BCUT2D eigenvalue weighted by Crippen LogP contribution is 2.24. The molecule has 1 rings (SSSR count). The number of halogens is 1. The lowest BCUT2D eigenvalue weighted by Gasteiger charge is -2.27. The van der Waals surface area contributed by atoms with Gasteiger partial charge in [0.15, 0.2) is 0 Å². The largest absolute Gasteiger partial charge is 0.496 e. The first-order chi connectivity index (χ1) is 9.87. The van der Waals surface area contributed by atoms with Crippen LogP contribution >= 0.6 is 15.9 Å². The number of methoxy groups -OCH3 is 2. The zero-order valence-corrected chi connectivity index (χ0v) is 14.2. The van der Waals surface area contributed by atoms with Crippen LogP contribution in [0.15, 0.2) is 22.7 Å². The van der Waals surface area contributed by atoms with Gasteiger partial charge in [-0.2, -0.15) is 0 Å². The van der Waals surface area contributed by atoms with Gasteiger partial charge in [0.2, 0.25) is 0 Å². The van der Waals surface area contributed by atoms with Crippen LogP contribution in [0.4, 0.5) is 0 Å².